The molecule has 0 bridgehead atoms. The molecule has 2 amide bonds. The van der Waals surface area contributed by atoms with Crippen LogP contribution in [0.3, 0.4) is 0 Å². The topological polar surface area (TPSA) is 86.8 Å². The van der Waals surface area contributed by atoms with E-state index >= 15 is 0 Å². The molecule has 7 nitrogen and oxygen atoms in total. The van der Waals surface area contributed by atoms with Crippen LogP contribution in [0.5, 0.6) is 0 Å². The van der Waals surface area contributed by atoms with Crippen LogP contribution in [0.2, 0.25) is 5.02 Å². The van der Waals surface area contributed by atoms with Crippen LogP contribution in [0.1, 0.15) is 16.7 Å². The van der Waals surface area contributed by atoms with Gasteiger partial charge in [-0.25, -0.2) is 8.42 Å². The molecule has 236 valence electrons. The van der Waals surface area contributed by atoms with Gasteiger partial charge in [0, 0.05) is 24.5 Å². The first kappa shape index (κ1) is 34.0. The molecule has 0 radical (unpaired) electrons. The number of benzene rings is 4. The van der Waals surface area contributed by atoms with E-state index in [1.54, 1.807) is 60.7 Å². The quantitative estimate of drug-likeness (QED) is 0.187. The highest BCUT2D eigenvalue weighted by atomic mass is 79.9. The van der Waals surface area contributed by atoms with E-state index in [1.165, 1.54) is 36.2 Å². The third kappa shape index (κ3) is 8.44. The van der Waals surface area contributed by atoms with Crippen LogP contribution in [-0.2, 0) is 38.8 Å². The lowest BCUT2D eigenvalue weighted by Gasteiger charge is -2.34. The summed E-state index contributed by atoms with van der Waals surface area (Å²) in [5, 5.41) is 2.25. The van der Waals surface area contributed by atoms with Crippen LogP contribution < -0.4 is 9.62 Å². The Bertz CT molecular complexity index is 1740. The lowest BCUT2D eigenvalue weighted by atomic mass is 10.0. The Morgan fingerprint density at radius 1 is 0.889 bits per heavy atom. The van der Waals surface area contributed by atoms with Crippen LogP contribution in [-0.4, -0.2) is 44.8 Å². The van der Waals surface area contributed by atoms with E-state index in [1.807, 2.05) is 0 Å². The molecule has 1 N–H and O–H groups in total. The van der Waals surface area contributed by atoms with Crippen LogP contribution >= 0.6 is 27.5 Å². The van der Waals surface area contributed by atoms with Gasteiger partial charge in [-0.1, -0.05) is 88.2 Å². The molecule has 0 fully saturated rings. The average Bonchev–Trinajstić information content (AvgIpc) is 3.02. The number of hydrogen-bond acceptors (Lipinski definition) is 4. The van der Waals surface area contributed by atoms with Gasteiger partial charge in [0.2, 0.25) is 11.8 Å². The maximum Gasteiger partial charge on any atom is 0.416 e. The molecule has 4 aromatic carbocycles. The number of amides is 2. The molecule has 0 saturated heterocycles. The third-order valence-corrected chi connectivity index (χ3v) is 9.56. The lowest BCUT2D eigenvalue weighted by molar-refractivity contribution is -0.139. The maximum atomic E-state index is 14.3. The predicted molar refractivity (Wildman–Crippen MR) is 170 cm³/mol. The third-order valence-electron chi connectivity index (χ3n) is 6.94. The first-order valence-corrected chi connectivity index (χ1v) is 16.2. The highest BCUT2D eigenvalue weighted by Crippen LogP contribution is 2.37. The number of nitrogens with one attached hydrogen (secondary N) is 1. The number of hydrogen-bond donors (Lipinski definition) is 1. The van der Waals surface area contributed by atoms with Crippen molar-refractivity contribution in [1.82, 2.24) is 10.2 Å². The summed E-state index contributed by atoms with van der Waals surface area (Å²) in [7, 11) is -3.22. The Morgan fingerprint density at radius 2 is 1.49 bits per heavy atom. The number of sulfonamides is 1. The fourth-order valence-electron chi connectivity index (χ4n) is 4.62. The lowest BCUT2D eigenvalue weighted by Crippen LogP contribution is -2.53. The molecule has 0 heterocycles. The Morgan fingerprint density at radius 3 is 2.07 bits per heavy atom. The molecular weight excluding hydrogens is 695 g/mol. The van der Waals surface area contributed by atoms with Crippen molar-refractivity contribution < 1.29 is 31.2 Å². The molecule has 0 aliphatic carbocycles. The molecule has 0 aromatic heterocycles. The average molecular weight is 723 g/mol. The Kier molecular flexibility index (Phi) is 10.9. The van der Waals surface area contributed by atoms with Crippen molar-refractivity contribution in [2.45, 2.75) is 30.1 Å². The number of nitrogens with zero attached hydrogens (tertiary/aromatic N) is 2. The zero-order valence-corrected chi connectivity index (χ0v) is 27.0. The molecule has 0 saturated carbocycles. The van der Waals surface area contributed by atoms with Crippen LogP contribution in [0.4, 0.5) is 18.9 Å². The number of halogens is 5. The number of carbonyl (C=O) groups is 2. The van der Waals surface area contributed by atoms with Crippen LogP contribution in [0.25, 0.3) is 0 Å². The molecule has 0 spiro atoms. The Labute approximate surface area is 272 Å². The van der Waals surface area contributed by atoms with Gasteiger partial charge in [-0.3, -0.25) is 13.9 Å². The minimum atomic E-state index is -4.82. The van der Waals surface area contributed by atoms with Crippen molar-refractivity contribution in [1.29, 1.82) is 0 Å². The van der Waals surface area contributed by atoms with Gasteiger partial charge in [0.15, 0.2) is 0 Å². The molecule has 1 unspecified atom stereocenters. The summed E-state index contributed by atoms with van der Waals surface area (Å²) in [6, 6.07) is 24.0. The summed E-state index contributed by atoms with van der Waals surface area (Å²) in [6.07, 6.45) is -4.74. The van der Waals surface area contributed by atoms with Crippen LogP contribution in [0.15, 0.2) is 112 Å². The summed E-state index contributed by atoms with van der Waals surface area (Å²) in [4.78, 5) is 28.5. The Balaban J connectivity index is 1.85. The van der Waals surface area contributed by atoms with Gasteiger partial charge in [-0.2, -0.15) is 13.2 Å². The second-order valence-electron chi connectivity index (χ2n) is 9.96. The highest BCUT2D eigenvalue weighted by Gasteiger charge is 2.37. The summed E-state index contributed by atoms with van der Waals surface area (Å²) >= 11 is 9.68. The van der Waals surface area contributed by atoms with E-state index in [0.29, 0.717) is 15.9 Å². The zero-order valence-electron chi connectivity index (χ0n) is 23.8. The summed E-state index contributed by atoms with van der Waals surface area (Å²) in [6.45, 7) is -1.05. The smallest absolute Gasteiger partial charge is 0.357 e. The van der Waals surface area contributed by atoms with Gasteiger partial charge in [-0.15, -0.1) is 0 Å². The second-order valence-corrected chi connectivity index (χ2v) is 13.1. The molecular formula is C32H28BrClF3N3O4S. The molecule has 13 heteroatoms. The van der Waals surface area contributed by atoms with Gasteiger partial charge in [0.1, 0.15) is 12.6 Å². The normalized spacial score (nSPS) is 12.3. The van der Waals surface area contributed by atoms with E-state index in [9.17, 15) is 31.2 Å². The summed E-state index contributed by atoms with van der Waals surface area (Å²) in [5.74, 6) is -1.35. The van der Waals surface area contributed by atoms with Gasteiger partial charge in [0.25, 0.3) is 10.0 Å². The van der Waals surface area contributed by atoms with Crippen molar-refractivity contribution in [3.63, 3.8) is 0 Å². The number of rotatable bonds is 11. The Hall–Kier alpha value is -3.87. The highest BCUT2D eigenvalue weighted by molar-refractivity contribution is 9.10. The minimum Gasteiger partial charge on any atom is -0.357 e. The van der Waals surface area contributed by atoms with E-state index in [2.05, 4.69) is 21.2 Å². The molecule has 0 aliphatic heterocycles. The van der Waals surface area contributed by atoms with Gasteiger partial charge < -0.3 is 10.2 Å². The fraction of sp³-hybridized carbons (Fsp3) is 0.188. The van der Waals surface area contributed by atoms with Crippen molar-refractivity contribution in [3.05, 3.63) is 129 Å². The van der Waals surface area contributed by atoms with Crippen molar-refractivity contribution >= 4 is 55.1 Å². The van der Waals surface area contributed by atoms with E-state index in [-0.39, 0.29) is 22.9 Å². The minimum absolute atomic E-state index is 0.0819. The van der Waals surface area contributed by atoms with Gasteiger partial charge in [-0.05, 0) is 53.6 Å². The number of likely N-dealkylation sites (N-methyl/N-ethyl adjacent to an activating group) is 1. The molecule has 45 heavy (non-hydrogen) atoms. The first-order valence-electron chi connectivity index (χ1n) is 13.5. The van der Waals surface area contributed by atoms with Gasteiger partial charge >= 0.3 is 6.18 Å². The van der Waals surface area contributed by atoms with Crippen molar-refractivity contribution in [2.24, 2.45) is 0 Å². The molecule has 0 aliphatic rings. The SMILES string of the molecule is CNC(=O)C(Cc1ccccc1)N(Cc1ccc(Br)cc1)C(=O)CN(c1cc(C(F)(F)F)ccc1Cl)S(=O)(=O)c1ccccc1. The predicted octanol–water partition coefficient (Wildman–Crippen LogP) is 6.70. The van der Waals surface area contributed by atoms with E-state index in [4.69, 9.17) is 11.6 Å². The largest absolute Gasteiger partial charge is 0.416 e. The number of carbonyl (C=O) groups excluding carboxylic acids is 2. The van der Waals surface area contributed by atoms with E-state index < -0.39 is 51.9 Å². The second kappa shape index (κ2) is 14.5. The summed E-state index contributed by atoms with van der Waals surface area (Å²) in [5.41, 5.74) is -0.328. The standard InChI is InChI=1S/C32H28BrClF3N3O4S/c1-38-31(42)29(18-22-8-4-2-5-9-22)39(20-23-12-15-25(33)16-13-23)30(41)21-40(45(43,44)26-10-6-3-7-11-26)28-19-24(32(35,36)37)14-17-27(28)34/h2-17,19,29H,18,20-21H2,1H3,(H,38,42). The fourth-order valence-corrected chi connectivity index (χ4v) is 6.60. The number of anilines is 1. The van der Waals surface area contributed by atoms with Gasteiger partial charge in [0.05, 0.1) is 21.2 Å². The monoisotopic (exact) mass is 721 g/mol. The zero-order chi connectivity index (χ0) is 32.8. The summed E-state index contributed by atoms with van der Waals surface area (Å²) < 4.78 is 70.5. The van der Waals surface area contributed by atoms with E-state index in [0.717, 1.165) is 22.2 Å². The van der Waals surface area contributed by atoms with Crippen LogP contribution in [0, 0.1) is 0 Å². The molecule has 4 aromatic rings. The molecule has 4 rings (SSSR count). The first-order chi connectivity index (χ1) is 21.3. The molecule has 1 atom stereocenters. The van der Waals surface area contributed by atoms with Crippen molar-refractivity contribution in [2.75, 3.05) is 17.9 Å². The maximum absolute atomic E-state index is 14.3. The number of alkyl halides is 3. The van der Waals surface area contributed by atoms with Crippen molar-refractivity contribution in [3.8, 4) is 0 Å².